The van der Waals surface area contributed by atoms with Crippen LogP contribution in [0.5, 0.6) is 5.75 Å². The maximum atomic E-state index is 12.3. The van der Waals surface area contributed by atoms with Crippen molar-refractivity contribution in [2.75, 3.05) is 6.61 Å². The van der Waals surface area contributed by atoms with Crippen LogP contribution in [0.15, 0.2) is 36.4 Å². The van der Waals surface area contributed by atoms with Crippen molar-refractivity contribution < 1.29 is 26.3 Å². The first-order valence-electron chi connectivity index (χ1n) is 6.78. The van der Waals surface area contributed by atoms with Crippen LogP contribution in [0.2, 0.25) is 0 Å². The summed E-state index contributed by atoms with van der Waals surface area (Å²) >= 11 is 0. The molecule has 0 aliphatic carbocycles. The minimum atomic E-state index is -5.43. The lowest BCUT2D eigenvalue weighted by atomic mass is 10.1. The molecule has 0 saturated heterocycles. The molecule has 2 rings (SSSR count). The molecule has 0 amide bonds. The fourth-order valence-corrected chi connectivity index (χ4v) is 2.78. The molecule has 0 heterocycles. The summed E-state index contributed by atoms with van der Waals surface area (Å²) in [7, 11) is -5.43. The van der Waals surface area contributed by atoms with E-state index in [2.05, 4.69) is 0 Å². The summed E-state index contributed by atoms with van der Waals surface area (Å²) in [5.41, 5.74) is -5.02. The van der Waals surface area contributed by atoms with Gasteiger partial charge in [-0.1, -0.05) is 24.3 Å². The molecule has 9 heteroatoms. The predicted molar refractivity (Wildman–Crippen MR) is 81.7 cm³/mol. The zero-order valence-corrected chi connectivity index (χ0v) is 13.3. The highest BCUT2D eigenvalue weighted by Gasteiger charge is 2.46. The Bertz CT molecular complexity index is 889. The molecule has 0 unspecified atom stereocenters. The first-order chi connectivity index (χ1) is 11.1. The van der Waals surface area contributed by atoms with Crippen LogP contribution in [0, 0.1) is 11.3 Å². The molecule has 0 saturated carbocycles. The molecule has 128 valence electrons. The Labute approximate surface area is 136 Å². The molecule has 0 spiro atoms. The normalized spacial score (nSPS) is 13.5. The average molecular weight is 358 g/mol. The molecule has 2 aromatic rings. The highest BCUT2D eigenvalue weighted by Crippen LogP contribution is 2.25. The van der Waals surface area contributed by atoms with Crippen molar-refractivity contribution >= 4 is 20.8 Å². The van der Waals surface area contributed by atoms with Gasteiger partial charge in [-0.3, -0.25) is 0 Å². The van der Waals surface area contributed by atoms with Gasteiger partial charge in [0.05, 0.1) is 17.7 Å². The van der Waals surface area contributed by atoms with E-state index in [1.807, 2.05) is 6.07 Å². The third-order valence-electron chi connectivity index (χ3n) is 3.12. The number of alkyl halides is 3. The van der Waals surface area contributed by atoms with Crippen LogP contribution in [0.4, 0.5) is 13.2 Å². The van der Waals surface area contributed by atoms with Crippen LogP contribution in [0.25, 0.3) is 10.8 Å². The number of halogens is 3. The van der Waals surface area contributed by atoms with E-state index in [9.17, 15) is 21.6 Å². The molecule has 0 radical (unpaired) electrons. The second-order valence-corrected chi connectivity index (χ2v) is 6.79. The molecular formula is C15H13F3N2O3S. The number of sulfonamides is 1. The second kappa shape index (κ2) is 6.67. The lowest BCUT2D eigenvalue weighted by Crippen LogP contribution is -2.43. The Hall–Kier alpha value is -2.31. The zero-order valence-electron chi connectivity index (χ0n) is 12.5. The summed E-state index contributed by atoms with van der Waals surface area (Å²) < 4.78 is 65.8. The highest BCUT2D eigenvalue weighted by atomic mass is 32.2. The number of nitrogens with zero attached hydrogens (tertiary/aromatic N) is 1. The number of nitrogens with one attached hydrogen (secondary N) is 1. The summed E-state index contributed by atoms with van der Waals surface area (Å²) in [6, 6.07) is 11.1. The van der Waals surface area contributed by atoms with Crippen molar-refractivity contribution in [2.45, 2.75) is 18.5 Å². The summed E-state index contributed by atoms with van der Waals surface area (Å²) in [6.07, 6.45) is 0. The Morgan fingerprint density at radius 3 is 2.58 bits per heavy atom. The maximum absolute atomic E-state index is 12.3. The van der Waals surface area contributed by atoms with Crippen LogP contribution >= 0.6 is 0 Å². The third-order valence-corrected chi connectivity index (χ3v) is 4.44. The van der Waals surface area contributed by atoms with Gasteiger partial charge in [-0.25, -0.2) is 13.1 Å². The number of hydrogen-bond acceptors (Lipinski definition) is 4. The van der Waals surface area contributed by atoms with Gasteiger partial charge in [0.25, 0.3) is 0 Å². The number of ether oxygens (including phenoxy) is 1. The number of hydrogen-bond donors (Lipinski definition) is 1. The minimum Gasteiger partial charge on any atom is -0.492 e. The zero-order chi connectivity index (χ0) is 18.0. The van der Waals surface area contributed by atoms with Gasteiger partial charge < -0.3 is 4.74 Å². The number of rotatable bonds is 5. The summed E-state index contributed by atoms with van der Waals surface area (Å²) in [4.78, 5) is 0. The van der Waals surface area contributed by atoms with Gasteiger partial charge in [-0.15, -0.1) is 0 Å². The third kappa shape index (κ3) is 3.96. The molecule has 0 aromatic heterocycles. The van der Waals surface area contributed by atoms with E-state index in [1.165, 1.54) is 17.7 Å². The summed E-state index contributed by atoms with van der Waals surface area (Å²) in [5, 5.41) is 10.6. The molecule has 0 aliphatic heterocycles. The van der Waals surface area contributed by atoms with Gasteiger partial charge in [0, 0.05) is 0 Å². The number of fused-ring (bicyclic) bond motifs is 1. The first-order valence-corrected chi connectivity index (χ1v) is 8.26. The minimum absolute atomic E-state index is 0.267. The SMILES string of the molecule is C[C@@H](COc1cc(C#N)c2ccccc2c1)NS(=O)(=O)C(F)(F)F. The van der Waals surface area contributed by atoms with Gasteiger partial charge in [0.2, 0.25) is 0 Å². The van der Waals surface area contributed by atoms with E-state index in [4.69, 9.17) is 10.00 Å². The largest absolute Gasteiger partial charge is 0.511 e. The van der Waals surface area contributed by atoms with Crippen molar-refractivity contribution in [3.8, 4) is 11.8 Å². The lowest BCUT2D eigenvalue weighted by Gasteiger charge is -2.17. The van der Waals surface area contributed by atoms with Gasteiger partial charge in [0.1, 0.15) is 12.4 Å². The van der Waals surface area contributed by atoms with Crippen molar-refractivity contribution in [3.05, 3.63) is 42.0 Å². The van der Waals surface area contributed by atoms with Gasteiger partial charge in [-0.2, -0.15) is 18.4 Å². The Morgan fingerprint density at radius 1 is 1.29 bits per heavy atom. The average Bonchev–Trinajstić information content (AvgIpc) is 2.50. The van der Waals surface area contributed by atoms with Gasteiger partial charge in [0.15, 0.2) is 0 Å². The van der Waals surface area contributed by atoms with E-state index in [0.29, 0.717) is 5.56 Å². The molecule has 2 aromatic carbocycles. The lowest BCUT2D eigenvalue weighted by molar-refractivity contribution is -0.0451. The smallest absolute Gasteiger partial charge is 0.492 e. The number of nitriles is 1. The molecule has 0 fully saturated rings. The molecule has 1 atom stereocenters. The van der Waals surface area contributed by atoms with Gasteiger partial charge >= 0.3 is 15.5 Å². The number of benzene rings is 2. The molecule has 0 bridgehead atoms. The van der Waals surface area contributed by atoms with Crippen molar-refractivity contribution in [3.63, 3.8) is 0 Å². The standard InChI is InChI=1S/C15H13F3N2O3S/c1-10(20-24(21,22)15(16,17)18)9-23-13-6-11-4-2-3-5-14(11)12(7-13)8-19/h2-7,10,20H,9H2,1H3/t10-/m0/s1. The van der Waals surface area contributed by atoms with E-state index < -0.39 is 21.6 Å². The van der Waals surface area contributed by atoms with Crippen LogP contribution in [-0.2, 0) is 10.0 Å². The second-order valence-electron chi connectivity index (χ2n) is 5.08. The van der Waals surface area contributed by atoms with Crippen molar-refractivity contribution in [1.29, 1.82) is 5.26 Å². The van der Waals surface area contributed by atoms with Crippen LogP contribution in [0.1, 0.15) is 12.5 Å². The van der Waals surface area contributed by atoms with Gasteiger partial charge in [-0.05, 0) is 29.8 Å². The Morgan fingerprint density at radius 2 is 1.96 bits per heavy atom. The van der Waals surface area contributed by atoms with E-state index in [-0.39, 0.29) is 12.4 Å². The molecule has 5 nitrogen and oxygen atoms in total. The molecule has 0 aliphatic rings. The highest BCUT2D eigenvalue weighted by molar-refractivity contribution is 7.90. The predicted octanol–water partition coefficient (Wildman–Crippen LogP) is 2.92. The van der Waals surface area contributed by atoms with Crippen LogP contribution in [-0.4, -0.2) is 26.6 Å². The molecular weight excluding hydrogens is 345 g/mol. The maximum Gasteiger partial charge on any atom is 0.511 e. The van der Waals surface area contributed by atoms with E-state index in [0.717, 1.165) is 10.8 Å². The van der Waals surface area contributed by atoms with Crippen LogP contribution in [0.3, 0.4) is 0 Å². The van der Waals surface area contributed by atoms with Crippen molar-refractivity contribution in [2.24, 2.45) is 0 Å². The Balaban J connectivity index is 2.13. The summed E-state index contributed by atoms with van der Waals surface area (Å²) in [5.74, 6) is 0.267. The fraction of sp³-hybridized carbons (Fsp3) is 0.267. The first kappa shape index (κ1) is 18.0. The monoisotopic (exact) mass is 358 g/mol. The quantitative estimate of drug-likeness (QED) is 0.891. The van der Waals surface area contributed by atoms with Crippen LogP contribution < -0.4 is 9.46 Å². The van der Waals surface area contributed by atoms with E-state index >= 15 is 0 Å². The summed E-state index contributed by atoms with van der Waals surface area (Å²) in [6.45, 7) is 0.925. The molecule has 24 heavy (non-hydrogen) atoms. The Kier molecular flexibility index (Phi) is 5.01. The fourth-order valence-electron chi connectivity index (χ4n) is 2.05. The van der Waals surface area contributed by atoms with E-state index in [1.54, 1.807) is 30.3 Å². The molecule has 1 N–H and O–H groups in total. The topological polar surface area (TPSA) is 79.2 Å². The van der Waals surface area contributed by atoms with Crippen molar-refractivity contribution in [1.82, 2.24) is 4.72 Å².